The highest BCUT2D eigenvalue weighted by atomic mass is 19.1. The summed E-state index contributed by atoms with van der Waals surface area (Å²) in [5.74, 6) is -1.03. The van der Waals surface area contributed by atoms with Crippen molar-refractivity contribution in [2.24, 2.45) is 7.05 Å². The monoisotopic (exact) mass is 235 g/mol. The van der Waals surface area contributed by atoms with Gasteiger partial charge in [0.05, 0.1) is 23.8 Å². The maximum absolute atomic E-state index is 12.6. The van der Waals surface area contributed by atoms with Crippen molar-refractivity contribution in [1.29, 1.82) is 0 Å². The molecule has 3 N–H and O–H groups in total. The predicted molar refractivity (Wildman–Crippen MR) is 59.8 cm³/mol. The molecule has 2 aromatic heterocycles. The molecule has 1 amide bonds. The van der Waals surface area contributed by atoms with Crippen LogP contribution >= 0.6 is 0 Å². The second-order valence-electron chi connectivity index (χ2n) is 3.40. The van der Waals surface area contributed by atoms with E-state index in [1.54, 1.807) is 7.05 Å². The van der Waals surface area contributed by atoms with Crippen molar-refractivity contribution in [2.75, 3.05) is 11.1 Å². The summed E-state index contributed by atoms with van der Waals surface area (Å²) in [5.41, 5.74) is 6.51. The van der Waals surface area contributed by atoms with Crippen LogP contribution in [0.4, 0.5) is 15.8 Å². The molecule has 0 aliphatic carbocycles. The van der Waals surface area contributed by atoms with Crippen molar-refractivity contribution in [3.8, 4) is 0 Å². The summed E-state index contributed by atoms with van der Waals surface area (Å²) in [6.07, 6.45) is 2.61. The molecule has 2 rings (SSSR count). The van der Waals surface area contributed by atoms with Gasteiger partial charge < -0.3 is 11.1 Å². The van der Waals surface area contributed by atoms with Crippen LogP contribution in [0.3, 0.4) is 0 Å². The molecule has 0 aliphatic heterocycles. The number of nitrogens with one attached hydrogen (secondary N) is 1. The van der Waals surface area contributed by atoms with E-state index in [0.29, 0.717) is 5.69 Å². The minimum Gasteiger partial charge on any atom is -0.396 e. The SMILES string of the molecule is Cn1ncc(N)c1C(=O)Nc1ccc(F)nc1. The first-order valence-electron chi connectivity index (χ1n) is 4.78. The Bertz CT molecular complexity index is 529. The number of amides is 1. The van der Waals surface area contributed by atoms with Crippen LogP contribution in [0.2, 0.25) is 0 Å². The van der Waals surface area contributed by atoms with Gasteiger partial charge in [-0.15, -0.1) is 0 Å². The molecule has 2 heterocycles. The first-order chi connectivity index (χ1) is 8.08. The van der Waals surface area contributed by atoms with E-state index in [1.165, 1.54) is 23.1 Å². The second kappa shape index (κ2) is 4.20. The highest BCUT2D eigenvalue weighted by molar-refractivity contribution is 6.06. The molecule has 0 atom stereocenters. The van der Waals surface area contributed by atoms with E-state index in [0.717, 1.165) is 6.07 Å². The Morgan fingerprint density at radius 1 is 1.47 bits per heavy atom. The van der Waals surface area contributed by atoms with Crippen LogP contribution in [0.1, 0.15) is 10.5 Å². The summed E-state index contributed by atoms with van der Waals surface area (Å²) in [7, 11) is 1.61. The van der Waals surface area contributed by atoms with E-state index in [4.69, 9.17) is 5.73 Å². The number of carbonyl (C=O) groups excluding carboxylic acids is 1. The Morgan fingerprint density at radius 3 is 2.76 bits per heavy atom. The molecule has 7 heteroatoms. The second-order valence-corrected chi connectivity index (χ2v) is 3.40. The molecule has 0 aromatic carbocycles. The number of nitrogens with zero attached hydrogens (tertiary/aromatic N) is 3. The number of halogens is 1. The van der Waals surface area contributed by atoms with Crippen LogP contribution in [-0.4, -0.2) is 20.7 Å². The van der Waals surface area contributed by atoms with E-state index in [2.05, 4.69) is 15.4 Å². The number of hydrogen-bond donors (Lipinski definition) is 2. The summed E-state index contributed by atoms with van der Waals surface area (Å²) in [5, 5.41) is 6.39. The first kappa shape index (κ1) is 11.1. The van der Waals surface area contributed by atoms with E-state index in [-0.39, 0.29) is 11.4 Å². The Morgan fingerprint density at radius 2 is 2.24 bits per heavy atom. The molecule has 2 aromatic rings. The molecule has 88 valence electrons. The van der Waals surface area contributed by atoms with Gasteiger partial charge in [-0.2, -0.15) is 9.49 Å². The van der Waals surface area contributed by atoms with Gasteiger partial charge in [0.25, 0.3) is 5.91 Å². The third kappa shape index (κ3) is 2.22. The van der Waals surface area contributed by atoms with Crippen LogP contribution in [0.5, 0.6) is 0 Å². The number of nitrogen functional groups attached to an aromatic ring is 1. The number of hydrogen-bond acceptors (Lipinski definition) is 4. The lowest BCUT2D eigenvalue weighted by atomic mass is 10.3. The van der Waals surface area contributed by atoms with Crippen molar-refractivity contribution in [3.05, 3.63) is 36.2 Å². The number of pyridine rings is 1. The topological polar surface area (TPSA) is 85.8 Å². The minimum atomic E-state index is -0.608. The van der Waals surface area contributed by atoms with E-state index < -0.39 is 11.9 Å². The lowest BCUT2D eigenvalue weighted by Crippen LogP contribution is -2.17. The van der Waals surface area contributed by atoms with Crippen LogP contribution in [0, 0.1) is 5.95 Å². The van der Waals surface area contributed by atoms with E-state index >= 15 is 0 Å². The molecular weight excluding hydrogens is 225 g/mol. The summed E-state index contributed by atoms with van der Waals surface area (Å²) in [6.45, 7) is 0. The highest BCUT2D eigenvalue weighted by Gasteiger charge is 2.14. The van der Waals surface area contributed by atoms with Crippen molar-refractivity contribution in [1.82, 2.24) is 14.8 Å². The highest BCUT2D eigenvalue weighted by Crippen LogP contribution is 2.12. The van der Waals surface area contributed by atoms with Gasteiger partial charge in [-0.25, -0.2) is 4.98 Å². The van der Waals surface area contributed by atoms with Crippen molar-refractivity contribution in [3.63, 3.8) is 0 Å². The van der Waals surface area contributed by atoms with Gasteiger partial charge in [0.1, 0.15) is 5.69 Å². The summed E-state index contributed by atoms with van der Waals surface area (Å²) >= 11 is 0. The van der Waals surface area contributed by atoms with Crippen molar-refractivity contribution >= 4 is 17.3 Å². The van der Waals surface area contributed by atoms with Crippen LogP contribution in [0.15, 0.2) is 24.5 Å². The fourth-order valence-electron chi connectivity index (χ4n) is 1.37. The molecule has 0 saturated heterocycles. The fraction of sp³-hybridized carbons (Fsp3) is 0.100. The summed E-state index contributed by atoms with van der Waals surface area (Å²) in [4.78, 5) is 15.3. The third-order valence-electron chi connectivity index (χ3n) is 2.17. The van der Waals surface area contributed by atoms with Gasteiger partial charge in [-0.1, -0.05) is 0 Å². The van der Waals surface area contributed by atoms with Gasteiger partial charge in [0.15, 0.2) is 0 Å². The smallest absolute Gasteiger partial charge is 0.276 e. The Kier molecular flexibility index (Phi) is 2.73. The summed E-state index contributed by atoms with van der Waals surface area (Å²) in [6, 6.07) is 2.56. The lowest BCUT2D eigenvalue weighted by Gasteiger charge is -2.05. The van der Waals surface area contributed by atoms with Crippen molar-refractivity contribution in [2.45, 2.75) is 0 Å². The average Bonchev–Trinajstić information content (AvgIpc) is 2.62. The van der Waals surface area contributed by atoms with E-state index in [9.17, 15) is 9.18 Å². The van der Waals surface area contributed by atoms with Gasteiger partial charge >= 0.3 is 0 Å². The maximum atomic E-state index is 12.6. The van der Waals surface area contributed by atoms with Crippen molar-refractivity contribution < 1.29 is 9.18 Å². The lowest BCUT2D eigenvalue weighted by molar-refractivity contribution is 0.101. The zero-order chi connectivity index (χ0) is 12.4. The van der Waals surface area contributed by atoms with Crippen LogP contribution in [0.25, 0.3) is 0 Å². The Labute approximate surface area is 96.3 Å². The molecule has 0 saturated carbocycles. The Balaban J connectivity index is 2.20. The summed E-state index contributed by atoms with van der Waals surface area (Å²) < 4.78 is 13.9. The number of aromatic nitrogens is 3. The molecular formula is C10H10FN5O. The van der Waals surface area contributed by atoms with Gasteiger partial charge in [-0.3, -0.25) is 9.48 Å². The number of nitrogens with two attached hydrogens (primary N) is 1. The normalized spacial score (nSPS) is 10.2. The maximum Gasteiger partial charge on any atom is 0.276 e. The third-order valence-corrected chi connectivity index (χ3v) is 2.17. The predicted octanol–water partition coefficient (Wildman–Crippen LogP) is 0.789. The fourth-order valence-corrected chi connectivity index (χ4v) is 1.37. The number of rotatable bonds is 2. The van der Waals surface area contributed by atoms with Gasteiger partial charge in [-0.05, 0) is 12.1 Å². The van der Waals surface area contributed by atoms with Gasteiger partial charge in [0, 0.05) is 7.05 Å². The Hall–Kier alpha value is -2.44. The molecule has 0 radical (unpaired) electrons. The molecule has 0 bridgehead atoms. The molecule has 0 spiro atoms. The molecule has 17 heavy (non-hydrogen) atoms. The van der Waals surface area contributed by atoms with Gasteiger partial charge in [0.2, 0.25) is 5.95 Å². The molecule has 0 aliphatic rings. The zero-order valence-electron chi connectivity index (χ0n) is 9.01. The number of aryl methyl sites for hydroxylation is 1. The number of anilines is 2. The minimum absolute atomic E-state index is 0.245. The molecule has 0 fully saturated rings. The van der Waals surface area contributed by atoms with Crippen LogP contribution < -0.4 is 11.1 Å². The first-order valence-corrected chi connectivity index (χ1v) is 4.78. The molecule has 0 unspecified atom stereocenters. The number of carbonyl (C=O) groups is 1. The average molecular weight is 235 g/mol. The van der Waals surface area contributed by atoms with E-state index in [1.807, 2.05) is 0 Å². The largest absolute Gasteiger partial charge is 0.396 e. The zero-order valence-corrected chi connectivity index (χ0v) is 9.01. The molecule has 6 nitrogen and oxygen atoms in total. The standard InChI is InChI=1S/C10H10FN5O/c1-16-9(7(12)5-14-16)10(17)15-6-2-3-8(11)13-4-6/h2-5H,12H2,1H3,(H,15,17). The van der Waals surface area contributed by atoms with Crippen LogP contribution in [-0.2, 0) is 7.05 Å². The quantitative estimate of drug-likeness (QED) is 0.753.